The number of anilines is 1. The van der Waals surface area contributed by atoms with E-state index in [0.29, 0.717) is 41.1 Å². The van der Waals surface area contributed by atoms with Crippen LogP contribution in [0.1, 0.15) is 38.2 Å². The summed E-state index contributed by atoms with van der Waals surface area (Å²) in [6.45, 7) is 3.20. The van der Waals surface area contributed by atoms with Gasteiger partial charge in [-0.05, 0) is 54.9 Å². The maximum Gasteiger partial charge on any atom is 0.255 e. The topological polar surface area (TPSA) is 104 Å². The lowest BCUT2D eigenvalue weighted by atomic mass is 9.77. The van der Waals surface area contributed by atoms with Crippen molar-refractivity contribution in [1.82, 2.24) is 10.3 Å². The van der Waals surface area contributed by atoms with Gasteiger partial charge in [-0.2, -0.15) is 0 Å². The van der Waals surface area contributed by atoms with Crippen LogP contribution in [0.5, 0.6) is 0 Å². The number of halogens is 1. The minimum absolute atomic E-state index is 0.0394. The van der Waals surface area contributed by atoms with E-state index in [2.05, 4.69) is 10.3 Å². The number of benzene rings is 1. The summed E-state index contributed by atoms with van der Waals surface area (Å²) in [4.78, 5) is 19.4. The molecule has 9 heteroatoms. The number of ether oxygens (including phenoxy) is 2. The molecule has 0 bridgehead atoms. The molecule has 3 N–H and O–H groups in total. The van der Waals surface area contributed by atoms with Gasteiger partial charge in [-0.1, -0.05) is 19.1 Å². The Labute approximate surface area is 208 Å². The predicted molar refractivity (Wildman–Crippen MR) is 130 cm³/mol. The van der Waals surface area contributed by atoms with Crippen molar-refractivity contribution in [3.63, 3.8) is 0 Å². The normalized spacial score (nSPS) is 27.0. The van der Waals surface area contributed by atoms with Gasteiger partial charge in [0.2, 0.25) is 0 Å². The van der Waals surface area contributed by atoms with Gasteiger partial charge in [-0.25, -0.2) is 9.37 Å². The SMILES string of the molecule is CC1COC(CN2c3ncc(-c4ccc(F)cc4)cc3C(O)=C(C(=O)NC3CC4(CC4)C3)C2O)OC1. The van der Waals surface area contributed by atoms with E-state index in [4.69, 9.17) is 9.47 Å². The number of nitrogens with one attached hydrogen (secondary N) is 1. The molecule has 1 aromatic carbocycles. The molecule has 4 aliphatic rings. The van der Waals surface area contributed by atoms with Crippen molar-refractivity contribution in [2.75, 3.05) is 24.7 Å². The van der Waals surface area contributed by atoms with Crippen molar-refractivity contribution in [3.8, 4) is 11.1 Å². The van der Waals surface area contributed by atoms with Crippen LogP contribution in [0.25, 0.3) is 16.9 Å². The number of hydrogen-bond donors (Lipinski definition) is 3. The highest BCUT2D eigenvalue weighted by molar-refractivity contribution is 6.04. The minimum Gasteiger partial charge on any atom is -0.507 e. The van der Waals surface area contributed by atoms with Crippen LogP contribution in [-0.4, -0.2) is 59.4 Å². The largest absolute Gasteiger partial charge is 0.507 e. The Hall–Kier alpha value is -3.01. The van der Waals surface area contributed by atoms with E-state index < -0.39 is 18.4 Å². The second-order valence-corrected chi connectivity index (χ2v) is 10.7. The smallest absolute Gasteiger partial charge is 0.255 e. The summed E-state index contributed by atoms with van der Waals surface area (Å²) in [6.07, 6.45) is 3.82. The molecular weight excluding hydrogens is 465 g/mol. The molecule has 1 saturated heterocycles. The van der Waals surface area contributed by atoms with Crippen LogP contribution >= 0.6 is 0 Å². The minimum atomic E-state index is -1.43. The molecule has 1 amide bonds. The Kier molecular flexibility index (Phi) is 5.74. The maximum absolute atomic E-state index is 13.4. The van der Waals surface area contributed by atoms with Gasteiger partial charge in [-0.15, -0.1) is 0 Å². The molecule has 2 aliphatic carbocycles. The van der Waals surface area contributed by atoms with Gasteiger partial charge in [0.05, 0.1) is 25.3 Å². The zero-order valence-corrected chi connectivity index (χ0v) is 20.1. The number of aliphatic hydroxyl groups excluding tert-OH is 2. The summed E-state index contributed by atoms with van der Waals surface area (Å²) in [5.74, 6) is -0.594. The van der Waals surface area contributed by atoms with Crippen LogP contribution in [0, 0.1) is 17.2 Å². The molecule has 8 nitrogen and oxygen atoms in total. The molecule has 1 unspecified atom stereocenters. The molecular formula is C27H30FN3O5. The number of carbonyl (C=O) groups is 1. The van der Waals surface area contributed by atoms with Gasteiger partial charge >= 0.3 is 0 Å². The standard InChI is InChI=1S/C27H30FN3O5/c1-15-13-35-21(36-14-15)12-31-24-20(8-17(11-29-24)16-2-4-18(28)5-3-16)23(32)22(26(31)34)25(33)30-19-9-27(10-19)6-7-27/h2-5,8,11,15,19,21,26,32,34H,6-7,9-10,12-14H2,1H3,(H,30,33). The lowest BCUT2D eigenvalue weighted by Gasteiger charge is -2.40. The van der Waals surface area contributed by atoms with Crippen molar-refractivity contribution in [3.05, 3.63) is 53.5 Å². The fourth-order valence-corrected chi connectivity index (χ4v) is 5.45. The van der Waals surface area contributed by atoms with Crippen LogP contribution in [0.15, 0.2) is 42.1 Å². The van der Waals surface area contributed by atoms with Crippen LogP contribution in [0.2, 0.25) is 0 Å². The number of nitrogens with zero attached hydrogens (tertiary/aromatic N) is 2. The number of aliphatic hydroxyl groups is 2. The van der Waals surface area contributed by atoms with Gasteiger partial charge in [0.25, 0.3) is 5.91 Å². The second kappa shape index (κ2) is 8.83. The van der Waals surface area contributed by atoms with Crippen molar-refractivity contribution in [2.45, 2.75) is 51.2 Å². The van der Waals surface area contributed by atoms with Gasteiger partial charge in [0, 0.05) is 23.7 Å². The average Bonchev–Trinajstić information content (AvgIpc) is 3.64. The highest BCUT2D eigenvalue weighted by Gasteiger charge is 2.53. The van der Waals surface area contributed by atoms with E-state index in [1.165, 1.54) is 29.9 Å². The highest BCUT2D eigenvalue weighted by Crippen LogP contribution is 2.60. The first-order chi connectivity index (χ1) is 17.3. The molecule has 1 atom stereocenters. The summed E-state index contributed by atoms with van der Waals surface area (Å²) < 4.78 is 25.0. The first-order valence-electron chi connectivity index (χ1n) is 12.5. The maximum atomic E-state index is 13.4. The monoisotopic (exact) mass is 495 g/mol. The van der Waals surface area contributed by atoms with Crippen molar-refractivity contribution < 1.29 is 28.9 Å². The van der Waals surface area contributed by atoms with Gasteiger partial charge in [-0.3, -0.25) is 4.79 Å². The van der Waals surface area contributed by atoms with E-state index >= 15 is 0 Å². The summed E-state index contributed by atoms with van der Waals surface area (Å²) >= 11 is 0. The third kappa shape index (κ3) is 4.25. The Morgan fingerprint density at radius 2 is 1.89 bits per heavy atom. The summed E-state index contributed by atoms with van der Waals surface area (Å²) in [7, 11) is 0. The molecule has 3 heterocycles. The van der Waals surface area contributed by atoms with E-state index in [-0.39, 0.29) is 35.7 Å². The Balaban J connectivity index is 1.33. The average molecular weight is 496 g/mol. The molecule has 6 rings (SSSR count). The molecule has 3 fully saturated rings. The fourth-order valence-electron chi connectivity index (χ4n) is 5.45. The van der Waals surface area contributed by atoms with Gasteiger partial charge < -0.3 is 29.9 Å². The van der Waals surface area contributed by atoms with Crippen LogP contribution in [-0.2, 0) is 14.3 Å². The van der Waals surface area contributed by atoms with Crippen molar-refractivity contribution in [1.29, 1.82) is 0 Å². The number of amides is 1. The molecule has 0 radical (unpaired) electrons. The fraction of sp³-hybridized carbons (Fsp3) is 0.481. The highest BCUT2D eigenvalue weighted by atomic mass is 19.1. The quantitative estimate of drug-likeness (QED) is 0.584. The van der Waals surface area contributed by atoms with Gasteiger partial charge in [0.1, 0.15) is 23.0 Å². The molecule has 2 aliphatic heterocycles. The number of aromatic nitrogens is 1. The van der Waals surface area contributed by atoms with E-state index in [1.807, 2.05) is 6.92 Å². The van der Waals surface area contributed by atoms with Crippen molar-refractivity contribution in [2.24, 2.45) is 11.3 Å². The predicted octanol–water partition coefficient (Wildman–Crippen LogP) is 3.36. The lowest BCUT2D eigenvalue weighted by molar-refractivity contribution is -0.193. The van der Waals surface area contributed by atoms with Crippen LogP contribution in [0.4, 0.5) is 10.2 Å². The van der Waals surface area contributed by atoms with Gasteiger partial charge in [0.15, 0.2) is 12.5 Å². The van der Waals surface area contributed by atoms with Crippen molar-refractivity contribution >= 4 is 17.5 Å². The third-order valence-corrected chi connectivity index (χ3v) is 7.75. The zero-order chi connectivity index (χ0) is 25.0. The number of pyridine rings is 1. The number of rotatable bonds is 5. The Morgan fingerprint density at radius 1 is 1.19 bits per heavy atom. The molecule has 190 valence electrons. The zero-order valence-electron chi connectivity index (χ0n) is 20.1. The Bertz CT molecular complexity index is 1200. The van der Waals surface area contributed by atoms with E-state index in [1.54, 1.807) is 24.4 Å². The molecule has 1 spiro atoms. The molecule has 36 heavy (non-hydrogen) atoms. The lowest BCUT2D eigenvalue weighted by Crippen LogP contribution is -2.52. The number of fused-ring (bicyclic) bond motifs is 1. The molecule has 2 aromatic rings. The summed E-state index contributed by atoms with van der Waals surface area (Å²) in [5.41, 5.74) is 1.94. The first kappa shape index (κ1) is 23.4. The summed E-state index contributed by atoms with van der Waals surface area (Å²) in [6, 6.07) is 7.68. The second-order valence-electron chi connectivity index (χ2n) is 10.7. The number of hydrogen-bond acceptors (Lipinski definition) is 7. The first-order valence-corrected chi connectivity index (χ1v) is 12.5. The molecule has 2 saturated carbocycles. The molecule has 1 aromatic heterocycles. The third-order valence-electron chi connectivity index (χ3n) is 7.75. The van der Waals surface area contributed by atoms with E-state index in [0.717, 1.165) is 12.8 Å². The Morgan fingerprint density at radius 3 is 2.56 bits per heavy atom. The summed E-state index contributed by atoms with van der Waals surface area (Å²) in [5, 5.41) is 25.5. The van der Waals surface area contributed by atoms with Crippen LogP contribution in [0.3, 0.4) is 0 Å². The van der Waals surface area contributed by atoms with E-state index in [9.17, 15) is 19.4 Å². The number of carbonyl (C=O) groups excluding carboxylic acids is 1. The van der Waals surface area contributed by atoms with Crippen LogP contribution < -0.4 is 10.2 Å².